The van der Waals surface area contributed by atoms with Crippen molar-refractivity contribution >= 4 is 17.9 Å². The van der Waals surface area contributed by atoms with Gasteiger partial charge in [-0.05, 0) is 56.5 Å². The number of carbonyl (C=O) groups excluding carboxylic acids is 2. The molecule has 1 aliphatic rings. The number of carbonyl (C=O) groups is 2. The van der Waals surface area contributed by atoms with Crippen LogP contribution in [-0.4, -0.2) is 38.3 Å². The normalized spacial score (nSPS) is 14.1. The van der Waals surface area contributed by atoms with Crippen molar-refractivity contribution in [3.05, 3.63) is 66.0 Å². The molecule has 0 saturated heterocycles. The van der Waals surface area contributed by atoms with Crippen LogP contribution in [0.5, 0.6) is 0 Å². The maximum atomic E-state index is 13.5. The van der Waals surface area contributed by atoms with Crippen molar-refractivity contribution in [2.24, 2.45) is 0 Å². The Bertz CT molecular complexity index is 1140. The highest BCUT2D eigenvalue weighted by molar-refractivity contribution is 5.98. The molecule has 0 atom stereocenters. The first-order valence-corrected chi connectivity index (χ1v) is 11.4. The van der Waals surface area contributed by atoms with Crippen LogP contribution in [0.3, 0.4) is 0 Å². The molecule has 2 aromatic carbocycles. The first kappa shape index (κ1) is 23.4. The molecule has 0 radical (unpaired) electrons. The summed E-state index contributed by atoms with van der Waals surface area (Å²) >= 11 is 0. The average molecular weight is 465 g/mol. The van der Waals surface area contributed by atoms with Crippen LogP contribution in [0.15, 0.2) is 54.6 Å². The number of rotatable bonds is 7. The van der Waals surface area contributed by atoms with Crippen LogP contribution in [0.1, 0.15) is 45.1 Å². The number of hydrogen-bond acceptors (Lipinski definition) is 4. The van der Waals surface area contributed by atoms with E-state index < -0.39 is 11.4 Å². The minimum absolute atomic E-state index is 0.103. The van der Waals surface area contributed by atoms with Gasteiger partial charge in [-0.3, -0.25) is 10.1 Å². The van der Waals surface area contributed by atoms with Crippen molar-refractivity contribution in [2.45, 2.75) is 57.7 Å². The number of aromatic nitrogens is 3. The number of amides is 3. The van der Waals surface area contributed by atoms with Gasteiger partial charge < -0.3 is 10.6 Å². The molecule has 1 fully saturated rings. The first-order valence-electron chi connectivity index (χ1n) is 11.4. The zero-order chi connectivity index (χ0) is 24.1. The first-order chi connectivity index (χ1) is 16.3. The number of benzene rings is 2. The molecule has 8 nitrogen and oxygen atoms in total. The van der Waals surface area contributed by atoms with Gasteiger partial charge in [0.25, 0.3) is 5.91 Å². The summed E-state index contributed by atoms with van der Waals surface area (Å²) in [5.41, 5.74) is 0.474. The summed E-state index contributed by atoms with van der Waals surface area (Å²) in [5, 5.41) is 12.8. The van der Waals surface area contributed by atoms with E-state index in [9.17, 15) is 14.0 Å². The summed E-state index contributed by atoms with van der Waals surface area (Å²) < 4.78 is 15.1. The molecule has 3 N–H and O–H groups in total. The summed E-state index contributed by atoms with van der Waals surface area (Å²) in [6, 6.07) is 15.4. The highest BCUT2D eigenvalue weighted by Crippen LogP contribution is 2.22. The van der Waals surface area contributed by atoms with E-state index in [2.05, 4.69) is 26.0 Å². The smallest absolute Gasteiger partial charge is 0.315 e. The Morgan fingerprint density at radius 3 is 2.41 bits per heavy atom. The van der Waals surface area contributed by atoms with Crippen LogP contribution in [0, 0.1) is 5.82 Å². The monoisotopic (exact) mass is 464 g/mol. The lowest BCUT2D eigenvalue weighted by Crippen LogP contribution is -2.56. The zero-order valence-electron chi connectivity index (χ0n) is 19.3. The molecule has 34 heavy (non-hydrogen) atoms. The van der Waals surface area contributed by atoms with Gasteiger partial charge in [0, 0.05) is 11.6 Å². The maximum absolute atomic E-state index is 13.5. The predicted octanol–water partition coefficient (Wildman–Crippen LogP) is 4.09. The lowest BCUT2D eigenvalue weighted by Gasteiger charge is -2.25. The van der Waals surface area contributed by atoms with Gasteiger partial charge in [0.15, 0.2) is 5.82 Å². The molecule has 9 heteroatoms. The fourth-order valence-corrected chi connectivity index (χ4v) is 3.96. The quantitative estimate of drug-likeness (QED) is 0.490. The summed E-state index contributed by atoms with van der Waals surface area (Å²) in [6.45, 7) is 3.67. The minimum Gasteiger partial charge on any atom is -0.335 e. The molecule has 0 spiro atoms. The summed E-state index contributed by atoms with van der Waals surface area (Å²) in [4.78, 5) is 29.8. The van der Waals surface area contributed by atoms with Crippen LogP contribution in [0.4, 0.5) is 15.1 Å². The Morgan fingerprint density at radius 2 is 1.74 bits per heavy atom. The molecule has 1 saturated carbocycles. The van der Waals surface area contributed by atoms with Crippen LogP contribution < -0.4 is 16.0 Å². The SMILES string of the molecule is CC(C)(NC(=O)NC1CCCC1)C(=O)Nc1nc(-c2ccc(F)cc2)n(Cc2ccccc2)n1. The molecule has 1 heterocycles. The lowest BCUT2D eigenvalue weighted by atomic mass is 10.1. The van der Waals surface area contributed by atoms with E-state index >= 15 is 0 Å². The Hall–Kier alpha value is -3.75. The third kappa shape index (κ3) is 5.78. The van der Waals surface area contributed by atoms with Crippen molar-refractivity contribution in [3.63, 3.8) is 0 Å². The molecule has 1 aromatic heterocycles. The predicted molar refractivity (Wildman–Crippen MR) is 128 cm³/mol. The van der Waals surface area contributed by atoms with Gasteiger partial charge in [-0.15, -0.1) is 5.10 Å². The van der Waals surface area contributed by atoms with Gasteiger partial charge in [-0.1, -0.05) is 43.2 Å². The Labute approximate surface area is 198 Å². The molecular formula is C25H29FN6O2. The molecule has 0 unspecified atom stereocenters. The van der Waals surface area contributed by atoms with E-state index in [1.54, 1.807) is 30.7 Å². The van der Waals surface area contributed by atoms with Crippen molar-refractivity contribution < 1.29 is 14.0 Å². The van der Waals surface area contributed by atoms with Crippen molar-refractivity contribution in [1.82, 2.24) is 25.4 Å². The number of nitrogens with zero attached hydrogens (tertiary/aromatic N) is 3. The molecule has 3 amide bonds. The van der Waals surface area contributed by atoms with Crippen LogP contribution in [-0.2, 0) is 11.3 Å². The molecular weight excluding hydrogens is 435 g/mol. The molecule has 0 bridgehead atoms. The molecule has 178 valence electrons. The van der Waals surface area contributed by atoms with E-state index in [4.69, 9.17) is 0 Å². The van der Waals surface area contributed by atoms with E-state index in [-0.39, 0.29) is 23.8 Å². The second kappa shape index (κ2) is 10.0. The van der Waals surface area contributed by atoms with E-state index in [0.29, 0.717) is 17.9 Å². The number of nitrogens with one attached hydrogen (secondary N) is 3. The minimum atomic E-state index is -1.19. The fraction of sp³-hybridized carbons (Fsp3) is 0.360. The number of anilines is 1. The standard InChI is InChI=1S/C25H29FN6O2/c1-25(2,30-24(34)27-20-10-6-7-11-20)22(33)29-23-28-21(18-12-14-19(26)15-13-18)32(31-23)16-17-8-4-3-5-9-17/h3-5,8-9,12-15,20H,6-7,10-11,16H2,1-2H3,(H2,27,30,34)(H,29,31,33). The van der Waals surface area contributed by atoms with E-state index in [1.807, 2.05) is 30.3 Å². The average Bonchev–Trinajstić information content (AvgIpc) is 3.44. The van der Waals surface area contributed by atoms with Gasteiger partial charge in [0.1, 0.15) is 11.4 Å². The second-order valence-electron chi connectivity index (χ2n) is 9.07. The van der Waals surface area contributed by atoms with Crippen molar-refractivity contribution in [3.8, 4) is 11.4 Å². The summed E-state index contributed by atoms with van der Waals surface area (Å²) in [5.74, 6) is -0.207. The van der Waals surface area contributed by atoms with Gasteiger partial charge in [0.2, 0.25) is 5.95 Å². The zero-order valence-corrected chi connectivity index (χ0v) is 19.3. The molecule has 4 rings (SSSR count). The lowest BCUT2D eigenvalue weighted by molar-refractivity contribution is -0.120. The third-order valence-electron chi connectivity index (χ3n) is 5.86. The van der Waals surface area contributed by atoms with Crippen molar-refractivity contribution in [1.29, 1.82) is 0 Å². The summed E-state index contributed by atoms with van der Waals surface area (Å²) in [6.07, 6.45) is 4.11. The maximum Gasteiger partial charge on any atom is 0.315 e. The summed E-state index contributed by atoms with van der Waals surface area (Å²) in [7, 11) is 0. The largest absolute Gasteiger partial charge is 0.335 e. The van der Waals surface area contributed by atoms with Crippen molar-refractivity contribution in [2.75, 3.05) is 5.32 Å². The number of urea groups is 1. The number of hydrogen-bond donors (Lipinski definition) is 3. The van der Waals surface area contributed by atoms with Crippen LogP contribution >= 0.6 is 0 Å². The van der Waals surface area contributed by atoms with Gasteiger partial charge in [0.05, 0.1) is 6.54 Å². The molecule has 0 aliphatic heterocycles. The van der Waals surface area contributed by atoms with Gasteiger partial charge >= 0.3 is 6.03 Å². The van der Waals surface area contributed by atoms with E-state index in [1.165, 1.54) is 12.1 Å². The van der Waals surface area contributed by atoms with Crippen LogP contribution in [0.2, 0.25) is 0 Å². The Morgan fingerprint density at radius 1 is 1.06 bits per heavy atom. The fourth-order valence-electron chi connectivity index (χ4n) is 3.96. The topological polar surface area (TPSA) is 101 Å². The van der Waals surface area contributed by atoms with E-state index in [0.717, 1.165) is 31.2 Å². The number of halogens is 1. The van der Waals surface area contributed by atoms with Gasteiger partial charge in [-0.25, -0.2) is 13.9 Å². The highest BCUT2D eigenvalue weighted by Gasteiger charge is 2.31. The molecule has 1 aliphatic carbocycles. The highest BCUT2D eigenvalue weighted by atomic mass is 19.1. The second-order valence-corrected chi connectivity index (χ2v) is 9.07. The molecule has 3 aromatic rings. The van der Waals surface area contributed by atoms with Crippen LogP contribution in [0.25, 0.3) is 11.4 Å². The third-order valence-corrected chi connectivity index (χ3v) is 5.86. The van der Waals surface area contributed by atoms with Gasteiger partial charge in [-0.2, -0.15) is 4.98 Å². The Kier molecular flexibility index (Phi) is 6.90. The Balaban J connectivity index is 1.51.